The van der Waals surface area contributed by atoms with E-state index in [-0.39, 0.29) is 12.1 Å². The number of nitrogens with two attached hydrogens (primary N) is 1. The first kappa shape index (κ1) is 14.9. The normalized spacial score (nSPS) is 23.3. The van der Waals surface area contributed by atoms with Crippen LogP contribution in [0.1, 0.15) is 24.6 Å². The van der Waals surface area contributed by atoms with Gasteiger partial charge in [-0.1, -0.05) is 0 Å². The van der Waals surface area contributed by atoms with Crippen LogP contribution in [0.15, 0.2) is 16.3 Å². The monoisotopic (exact) mass is 304 g/mol. The Kier molecular flexibility index (Phi) is 4.97. The summed E-state index contributed by atoms with van der Waals surface area (Å²) in [4.78, 5) is 1.00. The summed E-state index contributed by atoms with van der Waals surface area (Å²) in [5.41, 5.74) is 5.46. The largest absolute Gasteiger partial charge is 0.378 e. The van der Waals surface area contributed by atoms with E-state index in [4.69, 9.17) is 10.5 Å². The van der Waals surface area contributed by atoms with Crippen LogP contribution in [0, 0.1) is 0 Å². The minimum atomic E-state index is -3.38. The molecule has 0 unspecified atom stereocenters. The van der Waals surface area contributed by atoms with Gasteiger partial charge in [0.25, 0.3) is 0 Å². The molecular weight excluding hydrogens is 284 g/mol. The minimum absolute atomic E-state index is 0.00149. The average molecular weight is 304 g/mol. The molecule has 1 aliphatic rings. The fraction of sp³-hybridized carbons (Fsp3) is 0.667. The van der Waals surface area contributed by atoms with Gasteiger partial charge in [-0.2, -0.15) is 0 Å². The Morgan fingerprint density at radius 1 is 1.47 bits per heavy atom. The van der Waals surface area contributed by atoms with Gasteiger partial charge < -0.3 is 10.5 Å². The van der Waals surface area contributed by atoms with E-state index in [9.17, 15) is 8.42 Å². The van der Waals surface area contributed by atoms with Gasteiger partial charge >= 0.3 is 0 Å². The summed E-state index contributed by atoms with van der Waals surface area (Å²) >= 11 is 1.29. The molecule has 1 aromatic heterocycles. The van der Waals surface area contributed by atoms with Crippen LogP contribution in [-0.2, 0) is 21.2 Å². The van der Waals surface area contributed by atoms with Crippen molar-refractivity contribution >= 4 is 21.4 Å². The van der Waals surface area contributed by atoms with Gasteiger partial charge in [0, 0.05) is 17.5 Å². The second-order valence-electron chi connectivity index (χ2n) is 4.63. The molecule has 7 heteroatoms. The maximum atomic E-state index is 12.1. The minimum Gasteiger partial charge on any atom is -0.378 e. The second-order valence-corrected chi connectivity index (χ2v) is 7.74. The molecule has 0 aromatic carbocycles. The van der Waals surface area contributed by atoms with Crippen LogP contribution in [0.3, 0.4) is 0 Å². The zero-order valence-electron chi connectivity index (χ0n) is 11.0. The van der Waals surface area contributed by atoms with Crippen molar-refractivity contribution in [2.75, 3.05) is 13.2 Å². The van der Waals surface area contributed by atoms with Gasteiger partial charge in [-0.3, -0.25) is 0 Å². The molecule has 1 aromatic rings. The predicted octanol–water partition coefficient (Wildman–Crippen LogP) is 1.10. The van der Waals surface area contributed by atoms with E-state index < -0.39 is 10.0 Å². The number of hydrogen-bond acceptors (Lipinski definition) is 5. The molecule has 0 radical (unpaired) electrons. The lowest BCUT2D eigenvalue weighted by Gasteiger charge is -2.34. The van der Waals surface area contributed by atoms with Crippen molar-refractivity contribution in [1.29, 1.82) is 0 Å². The van der Waals surface area contributed by atoms with E-state index in [1.54, 1.807) is 6.07 Å². The summed E-state index contributed by atoms with van der Waals surface area (Å²) in [6, 6.07) is 3.48. The zero-order chi connectivity index (χ0) is 13.9. The Bertz CT molecular complexity index is 507. The topological polar surface area (TPSA) is 81.4 Å². The average Bonchev–Trinajstić information content (AvgIpc) is 2.76. The molecule has 108 valence electrons. The second kappa shape index (κ2) is 6.32. The van der Waals surface area contributed by atoms with Crippen molar-refractivity contribution in [2.45, 2.75) is 42.5 Å². The molecule has 1 heterocycles. The summed E-state index contributed by atoms with van der Waals surface area (Å²) < 4.78 is 32.8. The van der Waals surface area contributed by atoms with Crippen molar-refractivity contribution in [3.8, 4) is 0 Å². The molecule has 19 heavy (non-hydrogen) atoms. The Hall–Kier alpha value is -0.470. The summed E-state index contributed by atoms with van der Waals surface area (Å²) in [7, 11) is -3.38. The SMILES string of the molecule is CCOC1CC(NS(=O)(=O)c2ccc(CCN)s2)C1. The quantitative estimate of drug-likeness (QED) is 0.790. The summed E-state index contributed by atoms with van der Waals surface area (Å²) in [6.07, 6.45) is 2.44. The third-order valence-electron chi connectivity index (χ3n) is 3.11. The lowest BCUT2D eigenvalue weighted by molar-refractivity contribution is -0.00474. The fourth-order valence-corrected chi connectivity index (χ4v) is 4.74. The lowest BCUT2D eigenvalue weighted by atomic mass is 9.90. The van der Waals surface area contributed by atoms with Gasteiger partial charge in [0.1, 0.15) is 4.21 Å². The molecule has 0 amide bonds. The van der Waals surface area contributed by atoms with Crippen LogP contribution >= 0.6 is 11.3 Å². The van der Waals surface area contributed by atoms with E-state index in [2.05, 4.69) is 4.72 Å². The van der Waals surface area contributed by atoms with Crippen LogP contribution < -0.4 is 10.5 Å². The van der Waals surface area contributed by atoms with Crippen molar-refractivity contribution in [3.63, 3.8) is 0 Å². The highest BCUT2D eigenvalue weighted by Crippen LogP contribution is 2.27. The molecule has 0 aliphatic heterocycles. The van der Waals surface area contributed by atoms with E-state index in [1.165, 1.54) is 11.3 Å². The molecule has 0 atom stereocenters. The third kappa shape index (κ3) is 3.76. The number of ether oxygens (including phenoxy) is 1. The molecule has 2 rings (SSSR count). The molecule has 0 saturated heterocycles. The van der Waals surface area contributed by atoms with Crippen LogP contribution in [0.5, 0.6) is 0 Å². The van der Waals surface area contributed by atoms with Crippen LogP contribution in [0.2, 0.25) is 0 Å². The lowest BCUT2D eigenvalue weighted by Crippen LogP contribution is -2.47. The van der Waals surface area contributed by atoms with Gasteiger partial charge in [0.15, 0.2) is 0 Å². The molecule has 1 saturated carbocycles. The predicted molar refractivity (Wildman–Crippen MR) is 75.8 cm³/mol. The smallest absolute Gasteiger partial charge is 0.250 e. The van der Waals surface area contributed by atoms with Crippen LogP contribution in [-0.4, -0.2) is 33.7 Å². The highest BCUT2D eigenvalue weighted by Gasteiger charge is 2.33. The van der Waals surface area contributed by atoms with E-state index in [0.29, 0.717) is 17.4 Å². The van der Waals surface area contributed by atoms with Gasteiger partial charge in [0.2, 0.25) is 10.0 Å². The first-order chi connectivity index (χ1) is 9.05. The number of rotatable bonds is 7. The standard InChI is InChI=1S/C12H20N2O3S2/c1-2-17-10-7-9(8-10)14-19(15,16)12-4-3-11(18-12)5-6-13/h3-4,9-10,14H,2,5-8,13H2,1H3. The maximum absolute atomic E-state index is 12.1. The number of sulfonamides is 1. The van der Waals surface area contributed by atoms with Crippen molar-refractivity contribution in [2.24, 2.45) is 5.73 Å². The molecule has 0 spiro atoms. The van der Waals surface area contributed by atoms with Crippen LogP contribution in [0.4, 0.5) is 0 Å². The molecule has 3 N–H and O–H groups in total. The summed E-state index contributed by atoms with van der Waals surface area (Å²) in [5, 5.41) is 0. The summed E-state index contributed by atoms with van der Waals surface area (Å²) in [5.74, 6) is 0. The molecule has 1 fully saturated rings. The number of hydrogen-bond donors (Lipinski definition) is 2. The Labute approximate surface area is 118 Å². The van der Waals surface area contributed by atoms with Crippen LogP contribution in [0.25, 0.3) is 0 Å². The van der Waals surface area contributed by atoms with E-state index >= 15 is 0 Å². The Morgan fingerprint density at radius 2 is 2.21 bits per heavy atom. The highest BCUT2D eigenvalue weighted by atomic mass is 32.2. The van der Waals surface area contributed by atoms with Gasteiger partial charge in [-0.25, -0.2) is 13.1 Å². The fourth-order valence-electron chi connectivity index (χ4n) is 2.09. The summed E-state index contributed by atoms with van der Waals surface area (Å²) in [6.45, 7) is 3.16. The Morgan fingerprint density at radius 3 is 2.84 bits per heavy atom. The van der Waals surface area contributed by atoms with E-state index in [0.717, 1.165) is 24.1 Å². The maximum Gasteiger partial charge on any atom is 0.250 e. The van der Waals surface area contributed by atoms with Crippen molar-refractivity contribution in [1.82, 2.24) is 4.72 Å². The first-order valence-corrected chi connectivity index (χ1v) is 8.78. The molecular formula is C12H20N2O3S2. The van der Waals surface area contributed by atoms with Gasteiger partial charge in [0.05, 0.1) is 6.10 Å². The molecule has 0 bridgehead atoms. The van der Waals surface area contributed by atoms with Crippen molar-refractivity contribution in [3.05, 3.63) is 17.0 Å². The number of nitrogens with one attached hydrogen (secondary N) is 1. The Balaban J connectivity index is 1.91. The molecule has 5 nitrogen and oxygen atoms in total. The van der Waals surface area contributed by atoms with Gasteiger partial charge in [-0.15, -0.1) is 11.3 Å². The van der Waals surface area contributed by atoms with E-state index in [1.807, 2.05) is 13.0 Å². The van der Waals surface area contributed by atoms with Crippen molar-refractivity contribution < 1.29 is 13.2 Å². The number of thiophene rings is 1. The zero-order valence-corrected chi connectivity index (χ0v) is 12.6. The third-order valence-corrected chi connectivity index (χ3v) is 6.27. The molecule has 1 aliphatic carbocycles. The highest BCUT2D eigenvalue weighted by molar-refractivity contribution is 7.91. The first-order valence-electron chi connectivity index (χ1n) is 6.48. The van der Waals surface area contributed by atoms with Gasteiger partial charge in [-0.05, 0) is 44.9 Å².